The highest BCUT2D eigenvalue weighted by Gasteiger charge is 2.37. The van der Waals surface area contributed by atoms with Crippen molar-refractivity contribution in [3.63, 3.8) is 0 Å². The molecule has 1 fully saturated rings. The lowest BCUT2D eigenvalue weighted by atomic mass is 9.63. The minimum atomic E-state index is -0.0874. The molecule has 0 amide bonds. The van der Waals surface area contributed by atoms with Crippen LogP contribution in [0.5, 0.6) is 0 Å². The van der Waals surface area contributed by atoms with E-state index < -0.39 is 0 Å². The highest BCUT2D eigenvalue weighted by atomic mass is 32.1. The molecule has 1 aliphatic carbocycles. The molecule has 2 heterocycles. The maximum absolute atomic E-state index is 11.3. The Labute approximate surface area is 203 Å². The van der Waals surface area contributed by atoms with Gasteiger partial charge in [0.1, 0.15) is 0 Å². The molecule has 0 radical (unpaired) electrons. The number of carbonyl (C=O) groups excluding carboxylic acids is 1. The van der Waals surface area contributed by atoms with Gasteiger partial charge in [0.25, 0.3) is 0 Å². The number of thiazole rings is 1. The van der Waals surface area contributed by atoms with Crippen LogP contribution in [0.25, 0.3) is 11.3 Å². The predicted octanol–water partition coefficient (Wildman–Crippen LogP) is 7.11. The summed E-state index contributed by atoms with van der Waals surface area (Å²) < 4.78 is 4.73. The second kappa shape index (κ2) is 9.77. The van der Waals surface area contributed by atoms with Crippen LogP contribution in [-0.4, -0.2) is 31.2 Å². The van der Waals surface area contributed by atoms with Crippen LogP contribution in [0.3, 0.4) is 0 Å². The molecule has 0 unspecified atom stereocenters. The summed E-state index contributed by atoms with van der Waals surface area (Å²) in [5.74, 6) is 0.681. The van der Waals surface area contributed by atoms with Crippen molar-refractivity contribution in [3.05, 3.63) is 34.7 Å². The van der Waals surface area contributed by atoms with E-state index in [1.54, 1.807) is 11.3 Å². The van der Waals surface area contributed by atoms with Crippen molar-refractivity contribution in [2.75, 3.05) is 25.1 Å². The number of ether oxygens (including phenoxy) is 1. The molecule has 4 nitrogen and oxygen atoms in total. The van der Waals surface area contributed by atoms with E-state index in [1.807, 2.05) is 0 Å². The molecule has 2 aromatic rings. The van der Waals surface area contributed by atoms with E-state index in [4.69, 9.17) is 9.72 Å². The smallest absolute Gasteiger partial charge is 0.305 e. The van der Waals surface area contributed by atoms with Gasteiger partial charge < -0.3 is 9.64 Å². The van der Waals surface area contributed by atoms with E-state index >= 15 is 0 Å². The Kier molecular flexibility index (Phi) is 7.18. The number of nitrogens with zero attached hydrogens (tertiary/aromatic N) is 2. The first-order chi connectivity index (χ1) is 15.7. The second-order valence-electron chi connectivity index (χ2n) is 11.3. The van der Waals surface area contributed by atoms with Gasteiger partial charge in [-0.25, -0.2) is 4.98 Å². The molecule has 4 rings (SSSR count). The number of anilines is 1. The topological polar surface area (TPSA) is 42.4 Å². The lowest BCUT2D eigenvalue weighted by Gasteiger charge is -2.42. The molecule has 180 valence electrons. The summed E-state index contributed by atoms with van der Waals surface area (Å²) in [6, 6.07) is 7.05. The van der Waals surface area contributed by atoms with E-state index in [0.717, 1.165) is 42.7 Å². The van der Waals surface area contributed by atoms with Crippen molar-refractivity contribution in [3.8, 4) is 11.3 Å². The number of unbranched alkanes of at least 4 members (excludes halogenated alkanes) is 1. The number of hydrogen-bond donors (Lipinski definition) is 0. The van der Waals surface area contributed by atoms with Gasteiger partial charge >= 0.3 is 5.97 Å². The lowest BCUT2D eigenvalue weighted by molar-refractivity contribution is -0.140. The van der Waals surface area contributed by atoms with Crippen LogP contribution in [0.1, 0.15) is 90.2 Å². The highest BCUT2D eigenvalue weighted by molar-refractivity contribution is 7.14. The Morgan fingerprint density at radius 3 is 2.48 bits per heavy atom. The quantitative estimate of drug-likeness (QED) is 0.321. The number of rotatable bonds is 7. The van der Waals surface area contributed by atoms with Gasteiger partial charge in [0, 0.05) is 30.5 Å². The molecule has 1 saturated heterocycles. The van der Waals surface area contributed by atoms with E-state index in [1.165, 1.54) is 55.9 Å². The van der Waals surface area contributed by atoms with E-state index in [-0.39, 0.29) is 16.8 Å². The third-order valence-electron chi connectivity index (χ3n) is 8.00. The van der Waals surface area contributed by atoms with Gasteiger partial charge in [-0.2, -0.15) is 0 Å². The summed E-state index contributed by atoms with van der Waals surface area (Å²) in [6.07, 6.45) is 8.74. The minimum absolute atomic E-state index is 0.0874. The molecular formula is C28H40N2O2S. The number of carbonyl (C=O) groups is 1. The first-order valence-corrected chi connectivity index (χ1v) is 13.5. The summed E-state index contributed by atoms with van der Waals surface area (Å²) in [4.78, 5) is 18.8. The van der Waals surface area contributed by atoms with Crippen LogP contribution < -0.4 is 4.90 Å². The molecule has 2 aliphatic rings. The van der Waals surface area contributed by atoms with Crippen LogP contribution in [0.2, 0.25) is 0 Å². The fourth-order valence-corrected chi connectivity index (χ4v) is 6.40. The standard InChI is InChI=1S/C28H40N2O2S/c1-27(2)14-15-28(3,4)23-18-21(10-11-22(23)27)24-19-33-26(29-24)30-16-12-20(13-17-30)8-6-7-9-25(31)32-5/h10-11,18-20H,6-9,12-17H2,1-5H3. The largest absolute Gasteiger partial charge is 0.469 e. The Hall–Kier alpha value is -1.88. The van der Waals surface area contributed by atoms with Gasteiger partial charge in [-0.3, -0.25) is 4.79 Å². The Morgan fingerprint density at radius 2 is 1.79 bits per heavy atom. The molecule has 5 heteroatoms. The summed E-state index contributed by atoms with van der Waals surface area (Å²) >= 11 is 1.78. The van der Waals surface area contributed by atoms with Crippen LogP contribution in [-0.2, 0) is 20.4 Å². The fraction of sp³-hybridized carbons (Fsp3) is 0.643. The summed E-state index contributed by atoms with van der Waals surface area (Å²) in [5, 5.41) is 3.39. The molecule has 0 saturated carbocycles. The third kappa shape index (κ3) is 5.45. The molecule has 1 aliphatic heterocycles. The third-order valence-corrected chi connectivity index (χ3v) is 8.90. The number of methoxy groups -OCH3 is 1. The SMILES string of the molecule is COC(=O)CCCCC1CCN(c2nc(-c3ccc4c(c3)C(C)(C)CCC4(C)C)cs2)CC1. The van der Waals surface area contributed by atoms with Crippen LogP contribution in [0.4, 0.5) is 5.13 Å². The number of fused-ring (bicyclic) bond motifs is 1. The van der Waals surface area contributed by atoms with E-state index in [9.17, 15) is 4.79 Å². The Balaban J connectivity index is 1.37. The maximum atomic E-state index is 11.3. The number of hydrogen-bond acceptors (Lipinski definition) is 5. The second-order valence-corrected chi connectivity index (χ2v) is 12.1. The summed E-state index contributed by atoms with van der Waals surface area (Å²) in [5.41, 5.74) is 5.84. The fourth-order valence-electron chi connectivity index (χ4n) is 5.51. The van der Waals surface area contributed by atoms with Gasteiger partial charge in [-0.05, 0) is 66.0 Å². The molecular weight excluding hydrogens is 428 g/mol. The van der Waals surface area contributed by atoms with E-state index in [0.29, 0.717) is 6.42 Å². The predicted molar refractivity (Wildman–Crippen MR) is 138 cm³/mol. The molecule has 0 bridgehead atoms. The van der Waals surface area contributed by atoms with Crippen molar-refractivity contribution in [1.82, 2.24) is 4.98 Å². The van der Waals surface area contributed by atoms with Gasteiger partial charge in [-0.1, -0.05) is 52.7 Å². The van der Waals surface area contributed by atoms with Crippen molar-refractivity contribution in [1.29, 1.82) is 0 Å². The summed E-state index contributed by atoms with van der Waals surface area (Å²) in [6.45, 7) is 11.7. The van der Waals surface area contributed by atoms with Gasteiger partial charge in [-0.15, -0.1) is 11.3 Å². The number of aromatic nitrogens is 1. The molecule has 1 aromatic carbocycles. The average molecular weight is 469 g/mol. The lowest BCUT2D eigenvalue weighted by Crippen LogP contribution is -2.33. The van der Waals surface area contributed by atoms with Crippen molar-refractivity contribution in [2.45, 2.75) is 89.9 Å². The van der Waals surface area contributed by atoms with Gasteiger partial charge in [0.05, 0.1) is 12.8 Å². The zero-order valence-corrected chi connectivity index (χ0v) is 21.9. The molecule has 0 atom stereocenters. The molecule has 33 heavy (non-hydrogen) atoms. The number of piperidine rings is 1. The first kappa shape index (κ1) is 24.3. The van der Waals surface area contributed by atoms with Crippen molar-refractivity contribution < 1.29 is 9.53 Å². The zero-order chi connectivity index (χ0) is 23.6. The number of esters is 1. The first-order valence-electron chi connectivity index (χ1n) is 12.6. The van der Waals surface area contributed by atoms with Crippen molar-refractivity contribution >= 4 is 22.4 Å². The highest BCUT2D eigenvalue weighted by Crippen LogP contribution is 2.47. The Bertz CT molecular complexity index is 970. The van der Waals surface area contributed by atoms with Crippen molar-refractivity contribution in [2.24, 2.45) is 5.92 Å². The molecule has 0 spiro atoms. The van der Waals surface area contributed by atoms with Crippen LogP contribution in [0, 0.1) is 5.92 Å². The van der Waals surface area contributed by atoms with Crippen LogP contribution in [0.15, 0.2) is 23.6 Å². The minimum Gasteiger partial charge on any atom is -0.469 e. The molecule has 0 N–H and O–H groups in total. The zero-order valence-electron chi connectivity index (χ0n) is 21.1. The summed E-state index contributed by atoms with van der Waals surface area (Å²) in [7, 11) is 1.47. The molecule has 1 aromatic heterocycles. The van der Waals surface area contributed by atoms with E-state index in [2.05, 4.69) is 56.2 Å². The van der Waals surface area contributed by atoms with Gasteiger partial charge in [0.15, 0.2) is 5.13 Å². The maximum Gasteiger partial charge on any atom is 0.305 e. The van der Waals surface area contributed by atoms with Gasteiger partial charge in [0.2, 0.25) is 0 Å². The van der Waals surface area contributed by atoms with Crippen LogP contribution >= 0.6 is 11.3 Å². The monoisotopic (exact) mass is 468 g/mol. The normalized spacial score (nSPS) is 19.8. The Morgan fingerprint density at radius 1 is 1.09 bits per heavy atom. The number of benzene rings is 1. The average Bonchev–Trinajstić information content (AvgIpc) is 3.30.